The number of rotatable bonds is 0. The molecule has 0 unspecified atom stereocenters. The number of hydrogen-bond acceptors (Lipinski definition) is 3. The summed E-state index contributed by atoms with van der Waals surface area (Å²) in [6.07, 6.45) is 0. The van der Waals surface area contributed by atoms with E-state index in [1.54, 1.807) is 6.07 Å². The van der Waals surface area contributed by atoms with Crippen molar-refractivity contribution in [1.82, 2.24) is 15.0 Å². The van der Waals surface area contributed by atoms with Gasteiger partial charge in [-0.05, 0) is 24.3 Å². The van der Waals surface area contributed by atoms with E-state index in [1.807, 2.05) is 18.2 Å². The summed E-state index contributed by atoms with van der Waals surface area (Å²) >= 11 is 3.36. The van der Waals surface area contributed by atoms with Gasteiger partial charge in [-0.3, -0.25) is 14.8 Å². The molecule has 0 aliphatic carbocycles. The summed E-state index contributed by atoms with van der Waals surface area (Å²) in [6, 6.07) is 7.24. The monoisotopic (exact) mass is 291 g/mol. The first-order valence-corrected chi connectivity index (χ1v) is 5.65. The Bertz CT molecular complexity index is 851. The molecule has 3 aromatic rings. The molecular weight excluding hydrogens is 286 g/mol. The average Bonchev–Trinajstić information content (AvgIpc) is 2.27. The number of nitrogens with one attached hydrogen (secondary N) is 2. The van der Waals surface area contributed by atoms with Crippen molar-refractivity contribution in [2.24, 2.45) is 0 Å². The molecule has 2 N–H and O–H groups in total. The summed E-state index contributed by atoms with van der Waals surface area (Å²) in [6.45, 7) is 0. The summed E-state index contributed by atoms with van der Waals surface area (Å²) in [5.74, 6) is 0. The lowest BCUT2D eigenvalue weighted by atomic mass is 10.2. The van der Waals surface area contributed by atoms with Crippen LogP contribution in [0, 0.1) is 0 Å². The van der Waals surface area contributed by atoms with Crippen LogP contribution in [0.25, 0.3) is 21.9 Å². The van der Waals surface area contributed by atoms with Crippen LogP contribution in [-0.2, 0) is 0 Å². The Morgan fingerprint density at radius 1 is 1.12 bits per heavy atom. The molecule has 0 bridgehead atoms. The molecule has 0 aliphatic heterocycles. The molecule has 5 nitrogen and oxygen atoms in total. The number of aromatic amines is 2. The van der Waals surface area contributed by atoms with E-state index in [0.717, 1.165) is 15.4 Å². The Balaban J connectivity index is 2.56. The maximum absolute atomic E-state index is 11.6. The molecule has 1 aromatic carbocycles. The average molecular weight is 292 g/mol. The molecule has 84 valence electrons. The van der Waals surface area contributed by atoms with Crippen LogP contribution in [0.5, 0.6) is 0 Å². The second kappa shape index (κ2) is 3.53. The van der Waals surface area contributed by atoms with Gasteiger partial charge in [0.1, 0.15) is 5.65 Å². The topological polar surface area (TPSA) is 78.6 Å². The molecule has 0 atom stereocenters. The number of nitrogens with zero attached hydrogens (tertiary/aromatic N) is 1. The van der Waals surface area contributed by atoms with Gasteiger partial charge in [-0.2, -0.15) is 0 Å². The van der Waals surface area contributed by atoms with Crippen LogP contribution in [0.1, 0.15) is 0 Å². The number of pyridine rings is 1. The highest BCUT2D eigenvalue weighted by Crippen LogP contribution is 2.20. The minimum absolute atomic E-state index is 0.300. The van der Waals surface area contributed by atoms with Crippen LogP contribution in [0.15, 0.2) is 38.3 Å². The van der Waals surface area contributed by atoms with E-state index in [1.165, 1.54) is 0 Å². The SMILES string of the molecule is O=c1[nH]c(=O)c2cc3cc(Br)ccc3nc2[nH]1. The van der Waals surface area contributed by atoms with E-state index in [0.29, 0.717) is 11.0 Å². The molecule has 0 amide bonds. The molecule has 3 rings (SSSR count). The van der Waals surface area contributed by atoms with E-state index in [2.05, 4.69) is 30.9 Å². The zero-order valence-electron chi connectivity index (χ0n) is 8.45. The highest BCUT2D eigenvalue weighted by atomic mass is 79.9. The number of halogens is 1. The summed E-state index contributed by atoms with van der Waals surface area (Å²) in [7, 11) is 0. The Kier molecular flexibility index (Phi) is 2.12. The molecule has 17 heavy (non-hydrogen) atoms. The molecular formula is C11H6BrN3O2. The maximum Gasteiger partial charge on any atom is 0.327 e. The van der Waals surface area contributed by atoms with Crippen molar-refractivity contribution in [1.29, 1.82) is 0 Å². The van der Waals surface area contributed by atoms with Gasteiger partial charge in [0.25, 0.3) is 5.56 Å². The molecule has 0 spiro atoms. The zero-order valence-corrected chi connectivity index (χ0v) is 10.0. The number of H-pyrrole nitrogens is 2. The lowest BCUT2D eigenvalue weighted by molar-refractivity contribution is 1.07. The van der Waals surface area contributed by atoms with Crippen LogP contribution in [0.3, 0.4) is 0 Å². The fraction of sp³-hybridized carbons (Fsp3) is 0. The van der Waals surface area contributed by atoms with Gasteiger partial charge >= 0.3 is 5.69 Å². The third-order valence-corrected chi connectivity index (χ3v) is 2.97. The lowest BCUT2D eigenvalue weighted by Crippen LogP contribution is -2.22. The Labute approximate surface area is 103 Å². The van der Waals surface area contributed by atoms with Gasteiger partial charge < -0.3 is 0 Å². The van der Waals surface area contributed by atoms with Gasteiger partial charge in [-0.15, -0.1) is 0 Å². The van der Waals surface area contributed by atoms with Gasteiger partial charge in [0, 0.05) is 9.86 Å². The number of benzene rings is 1. The highest BCUT2D eigenvalue weighted by Gasteiger charge is 2.04. The number of fused-ring (bicyclic) bond motifs is 2. The quantitative estimate of drug-likeness (QED) is 0.617. The third-order valence-electron chi connectivity index (χ3n) is 2.48. The van der Waals surface area contributed by atoms with Crippen molar-refractivity contribution in [2.75, 3.05) is 0 Å². The minimum atomic E-state index is -0.550. The van der Waals surface area contributed by atoms with Crippen molar-refractivity contribution in [3.05, 3.63) is 49.6 Å². The van der Waals surface area contributed by atoms with Crippen molar-refractivity contribution in [2.45, 2.75) is 0 Å². The molecule has 0 saturated carbocycles. The summed E-state index contributed by atoms with van der Waals surface area (Å²) in [5, 5.41) is 1.21. The van der Waals surface area contributed by atoms with E-state index < -0.39 is 11.2 Å². The van der Waals surface area contributed by atoms with Gasteiger partial charge in [0.15, 0.2) is 0 Å². The predicted octanol–water partition coefficient (Wildman–Crippen LogP) is 1.53. The standard InChI is InChI=1S/C11H6BrN3O2/c12-6-1-2-8-5(3-6)4-7-9(13-8)14-11(17)15-10(7)16/h1-4H,(H2,13,14,15,16,17). The van der Waals surface area contributed by atoms with Crippen LogP contribution < -0.4 is 11.2 Å². The summed E-state index contributed by atoms with van der Waals surface area (Å²) in [5.41, 5.74) is 0.0418. The Hall–Kier alpha value is -1.95. The first kappa shape index (κ1) is 10.2. The second-order valence-electron chi connectivity index (χ2n) is 3.63. The van der Waals surface area contributed by atoms with Crippen LogP contribution in [0.4, 0.5) is 0 Å². The van der Waals surface area contributed by atoms with Crippen molar-refractivity contribution >= 4 is 37.9 Å². The van der Waals surface area contributed by atoms with Crippen molar-refractivity contribution in [3.63, 3.8) is 0 Å². The van der Waals surface area contributed by atoms with E-state index >= 15 is 0 Å². The smallest absolute Gasteiger partial charge is 0.291 e. The van der Waals surface area contributed by atoms with E-state index in [4.69, 9.17) is 0 Å². The minimum Gasteiger partial charge on any atom is -0.291 e. The Morgan fingerprint density at radius 3 is 2.76 bits per heavy atom. The van der Waals surface area contributed by atoms with Gasteiger partial charge in [0.05, 0.1) is 10.9 Å². The fourth-order valence-corrected chi connectivity index (χ4v) is 2.10. The summed E-state index contributed by atoms with van der Waals surface area (Å²) < 4.78 is 0.909. The van der Waals surface area contributed by atoms with Crippen molar-refractivity contribution < 1.29 is 0 Å². The largest absolute Gasteiger partial charge is 0.327 e. The molecule has 0 saturated heterocycles. The third kappa shape index (κ3) is 1.66. The number of aromatic nitrogens is 3. The molecule has 0 aliphatic rings. The van der Waals surface area contributed by atoms with Crippen LogP contribution in [0.2, 0.25) is 0 Å². The van der Waals surface area contributed by atoms with Crippen molar-refractivity contribution in [3.8, 4) is 0 Å². The Morgan fingerprint density at radius 2 is 1.94 bits per heavy atom. The first-order valence-electron chi connectivity index (χ1n) is 4.86. The lowest BCUT2D eigenvalue weighted by Gasteiger charge is -2.00. The fourth-order valence-electron chi connectivity index (χ4n) is 1.72. The predicted molar refractivity (Wildman–Crippen MR) is 68.2 cm³/mol. The highest BCUT2D eigenvalue weighted by molar-refractivity contribution is 9.10. The number of hydrogen-bond donors (Lipinski definition) is 2. The summed E-state index contributed by atoms with van der Waals surface area (Å²) in [4.78, 5) is 31.7. The van der Waals surface area contributed by atoms with Gasteiger partial charge in [0.2, 0.25) is 0 Å². The van der Waals surface area contributed by atoms with E-state index in [9.17, 15) is 9.59 Å². The van der Waals surface area contributed by atoms with Crippen LogP contribution in [-0.4, -0.2) is 15.0 Å². The maximum atomic E-state index is 11.6. The second-order valence-corrected chi connectivity index (χ2v) is 4.55. The van der Waals surface area contributed by atoms with Gasteiger partial charge in [-0.1, -0.05) is 15.9 Å². The molecule has 2 heterocycles. The first-order chi connectivity index (χ1) is 8.13. The van der Waals surface area contributed by atoms with Gasteiger partial charge in [-0.25, -0.2) is 9.78 Å². The zero-order chi connectivity index (χ0) is 12.0. The molecule has 0 fully saturated rings. The molecule has 2 aromatic heterocycles. The molecule has 6 heteroatoms. The van der Waals surface area contributed by atoms with Crippen LogP contribution >= 0.6 is 15.9 Å². The van der Waals surface area contributed by atoms with E-state index in [-0.39, 0.29) is 0 Å². The molecule has 0 radical (unpaired) electrons. The normalized spacial score (nSPS) is 11.1.